The number of carbonyl (C=O) groups is 1. The number of benzene rings is 3. The highest BCUT2D eigenvalue weighted by atomic mass is 35.5. The molecule has 1 aromatic heterocycles. The number of sulfonamides is 1. The molecule has 0 bridgehead atoms. The van der Waals surface area contributed by atoms with Crippen molar-refractivity contribution in [1.29, 1.82) is 0 Å². The monoisotopic (exact) mass is 550 g/mol. The van der Waals surface area contributed by atoms with E-state index in [4.69, 9.17) is 32.7 Å². The fourth-order valence-electron chi connectivity index (χ4n) is 2.83. The van der Waals surface area contributed by atoms with Crippen molar-refractivity contribution in [3.63, 3.8) is 0 Å². The smallest absolute Gasteiger partial charge is 0.291 e. The number of rotatable bonds is 8. The summed E-state index contributed by atoms with van der Waals surface area (Å²) >= 11 is 12.8. The van der Waals surface area contributed by atoms with Crippen molar-refractivity contribution in [3.05, 3.63) is 82.3 Å². The maximum absolute atomic E-state index is 13.0. The molecule has 4 aromatic rings. The first-order valence-corrected chi connectivity index (χ1v) is 12.8. The van der Waals surface area contributed by atoms with Crippen LogP contribution in [0.2, 0.25) is 10.0 Å². The molecule has 0 saturated carbocycles. The zero-order chi connectivity index (χ0) is 25.0. The minimum atomic E-state index is -4.19. The predicted molar refractivity (Wildman–Crippen MR) is 135 cm³/mol. The Balaban J connectivity index is 1.55. The van der Waals surface area contributed by atoms with Crippen LogP contribution in [0.15, 0.2) is 71.1 Å². The zero-order valence-electron chi connectivity index (χ0n) is 17.9. The summed E-state index contributed by atoms with van der Waals surface area (Å²) in [5.74, 6) is 0.641. The van der Waals surface area contributed by atoms with Crippen LogP contribution in [-0.2, 0) is 10.0 Å². The van der Waals surface area contributed by atoms with Crippen molar-refractivity contribution in [3.8, 4) is 17.2 Å². The number of nitrogens with one attached hydrogen (secondary N) is 2. The molecule has 1 heterocycles. The maximum atomic E-state index is 13.0. The number of hydrogen-bond donors (Lipinski definition) is 2. The van der Waals surface area contributed by atoms with Crippen molar-refractivity contribution in [1.82, 2.24) is 10.2 Å². The first-order chi connectivity index (χ1) is 16.7. The van der Waals surface area contributed by atoms with Gasteiger partial charge >= 0.3 is 0 Å². The van der Waals surface area contributed by atoms with Gasteiger partial charge in [-0.2, -0.15) is 8.42 Å². The van der Waals surface area contributed by atoms with E-state index in [9.17, 15) is 13.2 Å². The van der Waals surface area contributed by atoms with E-state index in [-0.39, 0.29) is 36.5 Å². The van der Waals surface area contributed by atoms with Crippen molar-refractivity contribution in [2.45, 2.75) is 4.34 Å². The molecule has 1 amide bonds. The summed E-state index contributed by atoms with van der Waals surface area (Å²) in [4.78, 5) is 12.4. The highest BCUT2D eigenvalue weighted by Crippen LogP contribution is 2.35. The third-order valence-corrected chi connectivity index (χ3v) is 7.57. The van der Waals surface area contributed by atoms with Gasteiger partial charge in [0, 0.05) is 11.1 Å². The Morgan fingerprint density at radius 2 is 1.74 bits per heavy atom. The number of aromatic nitrogens is 2. The molecule has 0 fully saturated rings. The predicted octanol–water partition coefficient (Wildman–Crippen LogP) is 5.70. The summed E-state index contributed by atoms with van der Waals surface area (Å²) in [5, 5.41) is 10.4. The molecular weight excluding hydrogens is 535 g/mol. The quantitative estimate of drug-likeness (QED) is 0.270. The van der Waals surface area contributed by atoms with E-state index in [0.29, 0.717) is 22.8 Å². The molecule has 0 radical (unpaired) electrons. The van der Waals surface area contributed by atoms with E-state index < -0.39 is 15.9 Å². The van der Waals surface area contributed by atoms with Crippen LogP contribution in [-0.4, -0.2) is 31.6 Å². The van der Waals surface area contributed by atoms with Crippen LogP contribution in [0.4, 0.5) is 10.8 Å². The highest BCUT2D eigenvalue weighted by Gasteiger charge is 2.23. The van der Waals surface area contributed by atoms with Gasteiger partial charge in [-0.1, -0.05) is 52.7 Å². The molecule has 2 N–H and O–H groups in total. The van der Waals surface area contributed by atoms with E-state index in [0.717, 1.165) is 0 Å². The fourth-order valence-corrected chi connectivity index (χ4v) is 5.18. The van der Waals surface area contributed by atoms with Crippen LogP contribution in [0.3, 0.4) is 0 Å². The van der Waals surface area contributed by atoms with Crippen molar-refractivity contribution >= 4 is 61.3 Å². The molecule has 13 heteroatoms. The van der Waals surface area contributed by atoms with Gasteiger partial charge in [-0.15, -0.1) is 10.2 Å². The van der Waals surface area contributed by atoms with Crippen molar-refractivity contribution in [2.75, 3.05) is 17.1 Å². The Morgan fingerprint density at radius 1 is 0.971 bits per heavy atom. The van der Waals surface area contributed by atoms with E-state index in [1.54, 1.807) is 48.5 Å². The second-order valence-electron chi connectivity index (χ2n) is 6.83. The van der Waals surface area contributed by atoms with Gasteiger partial charge < -0.3 is 9.47 Å². The van der Waals surface area contributed by atoms with Crippen molar-refractivity contribution in [2.24, 2.45) is 0 Å². The average Bonchev–Trinajstić information content (AvgIpc) is 3.30. The lowest BCUT2D eigenvalue weighted by molar-refractivity contribution is 0.102. The van der Waals surface area contributed by atoms with Gasteiger partial charge in [-0.25, -0.2) is 0 Å². The van der Waals surface area contributed by atoms with Gasteiger partial charge in [0.15, 0.2) is 5.75 Å². The number of anilines is 2. The molecule has 0 aliphatic carbocycles. The van der Waals surface area contributed by atoms with Crippen LogP contribution in [0, 0.1) is 0 Å². The highest BCUT2D eigenvalue weighted by molar-refractivity contribution is 7.94. The summed E-state index contributed by atoms with van der Waals surface area (Å²) in [5.41, 5.74) is 0.294. The van der Waals surface area contributed by atoms with Crippen LogP contribution < -0.4 is 19.5 Å². The number of nitrogens with zero attached hydrogens (tertiary/aromatic N) is 2. The van der Waals surface area contributed by atoms with Crippen molar-refractivity contribution < 1.29 is 22.7 Å². The Morgan fingerprint density at radius 3 is 2.51 bits per heavy atom. The van der Waals surface area contributed by atoms with Gasteiger partial charge in [0.1, 0.15) is 11.5 Å². The van der Waals surface area contributed by atoms with Crippen LogP contribution in [0.25, 0.3) is 0 Å². The Hall–Kier alpha value is -3.38. The minimum Gasteiger partial charge on any atom is -0.497 e. The SMILES string of the molecule is COc1cccc(Oc2ccc(Cl)cc2NS(=O)(=O)c2nnc(NC(=O)c3ccccc3Cl)s2)c1. The van der Waals surface area contributed by atoms with Gasteiger partial charge in [0.05, 0.1) is 23.4 Å². The number of amides is 1. The molecular formula is C22H16Cl2N4O5S2. The molecule has 0 saturated heterocycles. The van der Waals surface area contributed by atoms with E-state index >= 15 is 0 Å². The van der Waals surface area contributed by atoms with Crippen LogP contribution >= 0.6 is 34.5 Å². The number of methoxy groups -OCH3 is 1. The lowest BCUT2D eigenvalue weighted by atomic mass is 10.2. The lowest BCUT2D eigenvalue weighted by Crippen LogP contribution is -2.13. The first kappa shape index (κ1) is 24.7. The number of carbonyl (C=O) groups excluding carboxylic acids is 1. The molecule has 4 rings (SSSR count). The fraction of sp³-hybridized carbons (Fsp3) is 0.0455. The van der Waals surface area contributed by atoms with Gasteiger partial charge in [-0.05, 0) is 42.5 Å². The summed E-state index contributed by atoms with van der Waals surface area (Å²) in [7, 11) is -2.67. The molecule has 0 aliphatic heterocycles. The van der Waals surface area contributed by atoms with Gasteiger partial charge in [0.2, 0.25) is 5.13 Å². The van der Waals surface area contributed by atoms with Gasteiger partial charge in [-0.3, -0.25) is 14.8 Å². The second kappa shape index (κ2) is 10.5. The Bertz CT molecular complexity index is 1490. The van der Waals surface area contributed by atoms with Crippen LogP contribution in [0.5, 0.6) is 17.2 Å². The largest absolute Gasteiger partial charge is 0.497 e. The third kappa shape index (κ3) is 6.01. The van der Waals surface area contributed by atoms with E-state index in [1.165, 1.54) is 25.3 Å². The molecule has 0 unspecified atom stereocenters. The molecule has 35 heavy (non-hydrogen) atoms. The summed E-state index contributed by atoms with van der Waals surface area (Å²) in [6.45, 7) is 0. The van der Waals surface area contributed by atoms with Crippen LogP contribution in [0.1, 0.15) is 10.4 Å². The summed E-state index contributed by atoms with van der Waals surface area (Å²) in [6.07, 6.45) is 0. The normalized spacial score (nSPS) is 11.1. The number of hydrogen-bond acceptors (Lipinski definition) is 8. The molecule has 3 aromatic carbocycles. The van der Waals surface area contributed by atoms with E-state index in [2.05, 4.69) is 20.2 Å². The second-order valence-corrected chi connectivity index (χ2v) is 10.5. The number of ether oxygens (including phenoxy) is 2. The zero-order valence-corrected chi connectivity index (χ0v) is 21.0. The van der Waals surface area contributed by atoms with Gasteiger partial charge in [0.25, 0.3) is 20.3 Å². The standard InChI is InChI=1S/C22H16Cl2N4O5S2/c1-32-14-5-4-6-15(12-14)33-19-10-9-13(23)11-18(19)28-35(30,31)22-27-26-21(34-22)25-20(29)16-7-2-3-8-17(16)24/h2-12,28H,1H3,(H,25,26,29). The maximum Gasteiger partial charge on any atom is 0.291 e. The molecule has 0 atom stereocenters. The topological polar surface area (TPSA) is 120 Å². The van der Waals surface area contributed by atoms with E-state index in [1.807, 2.05) is 0 Å². The first-order valence-electron chi connectivity index (χ1n) is 9.79. The molecule has 180 valence electrons. The Labute approximate surface area is 214 Å². The molecule has 0 aliphatic rings. The average molecular weight is 551 g/mol. The lowest BCUT2D eigenvalue weighted by Gasteiger charge is -2.13. The Kier molecular flexibility index (Phi) is 7.41. The molecule has 0 spiro atoms. The summed E-state index contributed by atoms with van der Waals surface area (Å²) in [6, 6.07) is 17.7. The third-order valence-electron chi connectivity index (χ3n) is 4.43. The minimum absolute atomic E-state index is 0.0192. The number of halogens is 2. The summed E-state index contributed by atoms with van der Waals surface area (Å²) < 4.78 is 39.0. The molecule has 9 nitrogen and oxygen atoms in total.